The molecule has 1 aliphatic carbocycles. The van der Waals surface area contributed by atoms with Gasteiger partial charge in [0.25, 0.3) is 5.91 Å². The number of nitrogens with zero attached hydrogens (tertiary/aromatic N) is 1. The summed E-state index contributed by atoms with van der Waals surface area (Å²) < 4.78 is 31.5. The third-order valence-corrected chi connectivity index (χ3v) is 5.57. The number of hydrogen-bond acceptors (Lipinski definition) is 4. The van der Waals surface area contributed by atoms with Crippen LogP contribution in [0.4, 0.5) is 14.5 Å². The number of aromatic nitrogens is 1. The Morgan fingerprint density at radius 1 is 1.10 bits per heavy atom. The van der Waals surface area contributed by atoms with E-state index in [1.54, 1.807) is 30.5 Å². The van der Waals surface area contributed by atoms with Crippen molar-refractivity contribution in [3.63, 3.8) is 0 Å². The molecule has 0 saturated heterocycles. The normalized spacial score (nSPS) is 14.2. The van der Waals surface area contributed by atoms with Crippen LogP contribution in [0.2, 0.25) is 0 Å². The van der Waals surface area contributed by atoms with Gasteiger partial charge in [-0.25, -0.2) is 13.8 Å². The lowest BCUT2D eigenvalue weighted by Gasteiger charge is -2.18. The number of anilines is 1. The van der Waals surface area contributed by atoms with E-state index in [-0.39, 0.29) is 11.3 Å². The minimum Gasteiger partial charge on any atom is -0.481 e. The zero-order valence-electron chi connectivity index (χ0n) is 17.1. The van der Waals surface area contributed by atoms with Crippen LogP contribution in [0.1, 0.15) is 34.3 Å². The van der Waals surface area contributed by atoms with E-state index in [1.165, 1.54) is 13.2 Å². The molecular formula is C24H23F2N3O2. The van der Waals surface area contributed by atoms with Gasteiger partial charge in [-0.05, 0) is 54.3 Å². The Labute approximate surface area is 179 Å². The first-order chi connectivity index (χ1) is 15.0. The molecule has 1 amide bonds. The lowest BCUT2D eigenvalue weighted by atomic mass is 9.94. The van der Waals surface area contributed by atoms with Crippen LogP contribution in [0.5, 0.6) is 5.88 Å². The van der Waals surface area contributed by atoms with Gasteiger partial charge in [0, 0.05) is 30.1 Å². The number of carbonyl (C=O) groups excluding carboxylic acids is 1. The van der Waals surface area contributed by atoms with E-state index in [0.29, 0.717) is 35.8 Å². The number of methoxy groups -OCH3 is 1. The standard InChI is InChI=1S/C24H23F2N3O2/c1-31-22-8-6-19(14-28-22)29-23(30)17-3-2-4-18(12-17)24(9-10-24)15-27-13-16-5-7-20(25)21(26)11-16/h2-8,11-12,14,27H,9-10,13,15H2,1H3,(H,29,30). The van der Waals surface area contributed by atoms with Gasteiger partial charge in [-0.3, -0.25) is 4.79 Å². The van der Waals surface area contributed by atoms with Crippen LogP contribution in [-0.4, -0.2) is 24.5 Å². The Morgan fingerprint density at radius 3 is 2.61 bits per heavy atom. The molecule has 0 bridgehead atoms. The molecule has 1 saturated carbocycles. The third-order valence-electron chi connectivity index (χ3n) is 5.57. The smallest absolute Gasteiger partial charge is 0.255 e. The van der Waals surface area contributed by atoms with Gasteiger partial charge in [0.1, 0.15) is 0 Å². The Hall–Kier alpha value is -3.32. The van der Waals surface area contributed by atoms with Crippen molar-refractivity contribution in [2.45, 2.75) is 24.8 Å². The molecule has 160 valence electrons. The lowest BCUT2D eigenvalue weighted by Crippen LogP contribution is -2.27. The number of nitrogens with one attached hydrogen (secondary N) is 2. The molecule has 1 aliphatic rings. The highest BCUT2D eigenvalue weighted by Crippen LogP contribution is 2.47. The summed E-state index contributed by atoms with van der Waals surface area (Å²) in [4.78, 5) is 16.8. The number of hydrogen-bond donors (Lipinski definition) is 2. The Morgan fingerprint density at radius 2 is 1.94 bits per heavy atom. The second-order valence-electron chi connectivity index (χ2n) is 7.76. The molecule has 5 nitrogen and oxygen atoms in total. The highest BCUT2D eigenvalue weighted by Gasteiger charge is 2.43. The molecule has 7 heteroatoms. The van der Waals surface area contributed by atoms with E-state index >= 15 is 0 Å². The fourth-order valence-electron chi connectivity index (χ4n) is 3.58. The first-order valence-electron chi connectivity index (χ1n) is 10.1. The van der Waals surface area contributed by atoms with E-state index in [0.717, 1.165) is 24.5 Å². The average Bonchev–Trinajstić information content (AvgIpc) is 3.58. The molecule has 1 fully saturated rings. The van der Waals surface area contributed by atoms with Crippen molar-refractivity contribution in [3.05, 3.63) is 89.1 Å². The van der Waals surface area contributed by atoms with Crippen LogP contribution in [0.15, 0.2) is 60.8 Å². The van der Waals surface area contributed by atoms with E-state index in [9.17, 15) is 13.6 Å². The minimum absolute atomic E-state index is 0.0451. The van der Waals surface area contributed by atoms with Crippen molar-refractivity contribution in [3.8, 4) is 5.88 Å². The summed E-state index contributed by atoms with van der Waals surface area (Å²) in [6.07, 6.45) is 3.56. The topological polar surface area (TPSA) is 63.2 Å². The molecule has 2 N–H and O–H groups in total. The summed E-state index contributed by atoms with van der Waals surface area (Å²) in [6.45, 7) is 1.14. The largest absolute Gasteiger partial charge is 0.481 e. The van der Waals surface area contributed by atoms with Crippen molar-refractivity contribution in [1.82, 2.24) is 10.3 Å². The summed E-state index contributed by atoms with van der Waals surface area (Å²) in [7, 11) is 1.53. The summed E-state index contributed by atoms with van der Waals surface area (Å²) in [5.41, 5.74) is 2.89. The van der Waals surface area contributed by atoms with Gasteiger partial charge in [0.05, 0.1) is 19.0 Å². The molecule has 0 spiro atoms. The number of ether oxygens (including phenoxy) is 1. The van der Waals surface area contributed by atoms with Crippen molar-refractivity contribution in [1.29, 1.82) is 0 Å². The second-order valence-corrected chi connectivity index (χ2v) is 7.76. The first kappa shape index (κ1) is 20.9. The summed E-state index contributed by atoms with van der Waals surface area (Å²) in [5.74, 6) is -1.42. The Bertz CT molecular complexity index is 1080. The van der Waals surface area contributed by atoms with Crippen molar-refractivity contribution in [2.75, 3.05) is 19.0 Å². The van der Waals surface area contributed by atoms with Gasteiger partial charge < -0.3 is 15.4 Å². The summed E-state index contributed by atoms with van der Waals surface area (Å²) in [6, 6.07) is 14.9. The van der Waals surface area contributed by atoms with Crippen molar-refractivity contribution < 1.29 is 18.3 Å². The fourth-order valence-corrected chi connectivity index (χ4v) is 3.58. The number of halogens is 2. The number of rotatable bonds is 8. The van der Waals surface area contributed by atoms with Gasteiger partial charge in [0.15, 0.2) is 11.6 Å². The summed E-state index contributed by atoms with van der Waals surface area (Å²) in [5, 5.41) is 6.18. The lowest BCUT2D eigenvalue weighted by molar-refractivity contribution is 0.102. The van der Waals surface area contributed by atoms with Gasteiger partial charge >= 0.3 is 0 Å². The monoisotopic (exact) mass is 423 g/mol. The number of carbonyl (C=O) groups is 1. The van der Waals surface area contributed by atoms with E-state index in [1.807, 2.05) is 18.2 Å². The van der Waals surface area contributed by atoms with E-state index in [2.05, 4.69) is 15.6 Å². The molecule has 1 heterocycles. The molecule has 3 aromatic rings. The van der Waals surface area contributed by atoms with Gasteiger partial charge in [-0.15, -0.1) is 0 Å². The highest BCUT2D eigenvalue weighted by molar-refractivity contribution is 6.04. The maximum absolute atomic E-state index is 13.4. The zero-order valence-corrected chi connectivity index (χ0v) is 17.1. The third kappa shape index (κ3) is 4.88. The van der Waals surface area contributed by atoms with Crippen LogP contribution in [0.25, 0.3) is 0 Å². The average molecular weight is 423 g/mol. The molecule has 0 radical (unpaired) electrons. The highest BCUT2D eigenvalue weighted by atomic mass is 19.2. The second kappa shape index (κ2) is 8.81. The zero-order chi connectivity index (χ0) is 21.8. The quantitative estimate of drug-likeness (QED) is 0.562. The predicted molar refractivity (Wildman–Crippen MR) is 114 cm³/mol. The molecule has 2 aromatic carbocycles. The predicted octanol–water partition coefficient (Wildman–Crippen LogP) is 4.44. The van der Waals surface area contributed by atoms with Gasteiger partial charge in [-0.1, -0.05) is 18.2 Å². The summed E-state index contributed by atoms with van der Waals surface area (Å²) >= 11 is 0. The molecule has 4 rings (SSSR count). The first-order valence-corrected chi connectivity index (χ1v) is 10.1. The number of pyridine rings is 1. The maximum Gasteiger partial charge on any atom is 0.255 e. The number of amides is 1. The van der Waals surface area contributed by atoms with Crippen LogP contribution >= 0.6 is 0 Å². The van der Waals surface area contributed by atoms with Crippen molar-refractivity contribution >= 4 is 11.6 Å². The van der Waals surface area contributed by atoms with Crippen LogP contribution in [-0.2, 0) is 12.0 Å². The molecule has 0 unspecified atom stereocenters. The molecular weight excluding hydrogens is 400 g/mol. The SMILES string of the molecule is COc1ccc(NC(=O)c2cccc(C3(CNCc4ccc(F)c(F)c4)CC3)c2)cn1. The van der Waals surface area contributed by atoms with E-state index < -0.39 is 11.6 Å². The minimum atomic E-state index is -0.845. The molecule has 1 aromatic heterocycles. The van der Waals surface area contributed by atoms with Crippen molar-refractivity contribution in [2.24, 2.45) is 0 Å². The van der Waals surface area contributed by atoms with Crippen LogP contribution in [0.3, 0.4) is 0 Å². The molecule has 0 aliphatic heterocycles. The van der Waals surface area contributed by atoms with Crippen LogP contribution < -0.4 is 15.4 Å². The Kier molecular flexibility index (Phi) is 5.95. The Balaban J connectivity index is 1.39. The van der Waals surface area contributed by atoms with Crippen LogP contribution in [0, 0.1) is 11.6 Å². The number of benzene rings is 2. The maximum atomic E-state index is 13.4. The molecule has 0 atom stereocenters. The molecule has 31 heavy (non-hydrogen) atoms. The van der Waals surface area contributed by atoms with Gasteiger partial charge in [0.2, 0.25) is 5.88 Å². The fraction of sp³-hybridized carbons (Fsp3) is 0.250. The van der Waals surface area contributed by atoms with E-state index in [4.69, 9.17) is 4.74 Å². The van der Waals surface area contributed by atoms with Gasteiger partial charge in [-0.2, -0.15) is 0 Å².